The van der Waals surface area contributed by atoms with Crippen molar-refractivity contribution in [2.24, 2.45) is 0 Å². The van der Waals surface area contributed by atoms with Gasteiger partial charge in [-0.25, -0.2) is 0 Å². The average molecular weight is 192 g/mol. The molecule has 0 fully saturated rings. The third kappa shape index (κ3) is 7.02. The fraction of sp³-hybridized carbons (Fsp3) is 1.00. The molecule has 12 heavy (non-hydrogen) atoms. The maximum Gasteiger partial charge on any atom is 0.170 e. The van der Waals surface area contributed by atoms with Crippen LogP contribution in [0.3, 0.4) is 0 Å². The maximum atomic E-state index is 5.58. The quantitative estimate of drug-likeness (QED) is 0.432. The second-order valence-electron chi connectivity index (χ2n) is 2.61. The summed E-state index contributed by atoms with van der Waals surface area (Å²) in [6, 6.07) is 0. The van der Waals surface area contributed by atoms with E-state index < -0.39 is 8.38 Å². The molecule has 0 spiro atoms. The van der Waals surface area contributed by atoms with E-state index in [1.807, 2.05) is 6.92 Å². The molecule has 0 N–H and O–H groups in total. The minimum atomic E-state index is -0.575. The topological polar surface area (TPSA) is 18.5 Å². The van der Waals surface area contributed by atoms with Crippen molar-refractivity contribution in [2.45, 2.75) is 40.0 Å². The molecule has 0 saturated carbocycles. The van der Waals surface area contributed by atoms with Crippen LogP contribution in [0.25, 0.3) is 0 Å². The van der Waals surface area contributed by atoms with Crippen LogP contribution in [0, 0.1) is 0 Å². The van der Waals surface area contributed by atoms with Gasteiger partial charge in [-0.2, -0.15) is 0 Å². The highest BCUT2D eigenvalue weighted by Gasteiger charge is 2.04. The third-order valence-electron chi connectivity index (χ3n) is 1.51. The first-order chi connectivity index (χ1) is 5.85. The van der Waals surface area contributed by atoms with Crippen LogP contribution >= 0.6 is 8.38 Å². The summed E-state index contributed by atoms with van der Waals surface area (Å²) in [5, 5.41) is 0. The van der Waals surface area contributed by atoms with Crippen molar-refractivity contribution in [3.8, 4) is 0 Å². The highest BCUT2D eigenvalue weighted by atomic mass is 31.2. The Kier molecular flexibility index (Phi) is 9.71. The van der Waals surface area contributed by atoms with Gasteiger partial charge >= 0.3 is 0 Å². The molecule has 1 atom stereocenters. The van der Waals surface area contributed by atoms with E-state index in [9.17, 15) is 0 Å². The van der Waals surface area contributed by atoms with Gasteiger partial charge in [0.2, 0.25) is 0 Å². The molecule has 0 aliphatic carbocycles. The van der Waals surface area contributed by atoms with Crippen LogP contribution in [-0.2, 0) is 9.05 Å². The lowest BCUT2D eigenvalue weighted by atomic mass is 10.3. The molecule has 1 unspecified atom stereocenters. The first-order valence-electron chi connectivity index (χ1n) is 4.88. The van der Waals surface area contributed by atoms with Gasteiger partial charge < -0.3 is 9.05 Å². The summed E-state index contributed by atoms with van der Waals surface area (Å²) in [7, 11) is -0.575. The van der Waals surface area contributed by atoms with E-state index in [1.54, 1.807) is 0 Å². The van der Waals surface area contributed by atoms with Crippen molar-refractivity contribution in [3.05, 3.63) is 0 Å². The standard InChI is InChI=1S/C9H21O2P/c1-4-7-8-9-11-12(6-3)10-5-2/h4-9H2,1-3H3. The first kappa shape index (κ1) is 12.3. The molecular weight excluding hydrogens is 171 g/mol. The van der Waals surface area contributed by atoms with E-state index in [0.29, 0.717) is 0 Å². The van der Waals surface area contributed by atoms with Crippen LogP contribution in [0.1, 0.15) is 40.0 Å². The fourth-order valence-electron chi connectivity index (χ4n) is 0.882. The van der Waals surface area contributed by atoms with E-state index in [1.165, 1.54) is 19.3 Å². The molecule has 0 saturated heterocycles. The minimum Gasteiger partial charge on any atom is -0.334 e. The molecule has 0 aromatic carbocycles. The number of unbranched alkanes of at least 4 members (excludes halogenated alkanes) is 2. The van der Waals surface area contributed by atoms with Crippen molar-refractivity contribution in [3.63, 3.8) is 0 Å². The van der Waals surface area contributed by atoms with Gasteiger partial charge in [0.25, 0.3) is 0 Å². The van der Waals surface area contributed by atoms with Crippen LogP contribution in [-0.4, -0.2) is 19.4 Å². The Labute approximate surface area is 77.6 Å². The normalized spacial score (nSPS) is 13.2. The summed E-state index contributed by atoms with van der Waals surface area (Å²) >= 11 is 0. The molecule has 0 aliphatic rings. The zero-order valence-corrected chi connectivity index (χ0v) is 9.40. The molecule has 0 heterocycles. The van der Waals surface area contributed by atoms with E-state index in [0.717, 1.165) is 19.4 Å². The number of rotatable bonds is 8. The molecular formula is C9H21O2P. The Morgan fingerprint density at radius 3 is 2.25 bits per heavy atom. The Hall–Kier alpha value is 0.350. The van der Waals surface area contributed by atoms with E-state index in [4.69, 9.17) is 9.05 Å². The monoisotopic (exact) mass is 192 g/mol. The van der Waals surface area contributed by atoms with Crippen molar-refractivity contribution in [1.82, 2.24) is 0 Å². The second kappa shape index (κ2) is 9.44. The Morgan fingerprint density at radius 2 is 1.75 bits per heavy atom. The SMILES string of the molecule is CCCCCOP(CC)OCC. The zero-order chi connectivity index (χ0) is 9.23. The molecule has 0 aliphatic heterocycles. The van der Waals surface area contributed by atoms with Crippen molar-refractivity contribution >= 4 is 8.38 Å². The van der Waals surface area contributed by atoms with Crippen molar-refractivity contribution in [1.29, 1.82) is 0 Å². The lowest BCUT2D eigenvalue weighted by Crippen LogP contribution is -1.95. The van der Waals surface area contributed by atoms with Crippen LogP contribution < -0.4 is 0 Å². The molecule has 0 amide bonds. The first-order valence-corrected chi connectivity index (χ1v) is 6.24. The Balaban J connectivity index is 3.19. The summed E-state index contributed by atoms with van der Waals surface area (Å²) in [4.78, 5) is 0. The molecule has 2 nitrogen and oxygen atoms in total. The van der Waals surface area contributed by atoms with E-state index in [2.05, 4.69) is 13.8 Å². The average Bonchev–Trinajstić information content (AvgIpc) is 2.10. The summed E-state index contributed by atoms with van der Waals surface area (Å²) in [5.41, 5.74) is 0. The summed E-state index contributed by atoms with van der Waals surface area (Å²) in [5.74, 6) is 0. The lowest BCUT2D eigenvalue weighted by molar-refractivity contribution is 0.254. The smallest absolute Gasteiger partial charge is 0.170 e. The predicted molar refractivity (Wildman–Crippen MR) is 54.6 cm³/mol. The molecule has 0 radical (unpaired) electrons. The lowest BCUT2D eigenvalue weighted by Gasteiger charge is -2.14. The Morgan fingerprint density at radius 1 is 1.00 bits per heavy atom. The summed E-state index contributed by atoms with van der Waals surface area (Å²) in [6.07, 6.45) is 4.69. The molecule has 3 heteroatoms. The second-order valence-corrected chi connectivity index (χ2v) is 4.42. The van der Waals surface area contributed by atoms with Gasteiger partial charge in [0, 0.05) is 6.16 Å². The van der Waals surface area contributed by atoms with Gasteiger partial charge in [-0.1, -0.05) is 26.7 Å². The largest absolute Gasteiger partial charge is 0.334 e. The van der Waals surface area contributed by atoms with E-state index in [-0.39, 0.29) is 0 Å². The van der Waals surface area contributed by atoms with Crippen LogP contribution in [0.2, 0.25) is 0 Å². The highest BCUT2D eigenvalue weighted by Crippen LogP contribution is 2.37. The van der Waals surface area contributed by atoms with Crippen LogP contribution in [0.15, 0.2) is 0 Å². The van der Waals surface area contributed by atoms with Crippen LogP contribution in [0.5, 0.6) is 0 Å². The van der Waals surface area contributed by atoms with E-state index >= 15 is 0 Å². The minimum absolute atomic E-state index is 0.575. The summed E-state index contributed by atoms with van der Waals surface area (Å²) in [6.45, 7) is 7.97. The molecule has 0 bridgehead atoms. The Bertz CT molecular complexity index is 88.6. The molecule has 0 aromatic heterocycles. The fourth-order valence-corrected chi connectivity index (χ4v) is 1.94. The van der Waals surface area contributed by atoms with Gasteiger partial charge in [0.15, 0.2) is 8.38 Å². The molecule has 74 valence electrons. The zero-order valence-electron chi connectivity index (χ0n) is 8.51. The number of hydrogen-bond donors (Lipinski definition) is 0. The molecule has 0 rings (SSSR count). The third-order valence-corrected chi connectivity index (χ3v) is 3.05. The van der Waals surface area contributed by atoms with Crippen molar-refractivity contribution in [2.75, 3.05) is 19.4 Å². The van der Waals surface area contributed by atoms with Crippen molar-refractivity contribution < 1.29 is 9.05 Å². The predicted octanol–water partition coefficient (Wildman–Crippen LogP) is 3.56. The van der Waals surface area contributed by atoms with Gasteiger partial charge in [0.05, 0.1) is 13.2 Å². The van der Waals surface area contributed by atoms with Crippen LogP contribution in [0.4, 0.5) is 0 Å². The van der Waals surface area contributed by atoms with Gasteiger partial charge in [-0.15, -0.1) is 0 Å². The maximum absolute atomic E-state index is 5.58. The van der Waals surface area contributed by atoms with Gasteiger partial charge in [0.1, 0.15) is 0 Å². The van der Waals surface area contributed by atoms with Gasteiger partial charge in [-0.05, 0) is 13.3 Å². The molecule has 0 aromatic rings. The van der Waals surface area contributed by atoms with Gasteiger partial charge in [-0.3, -0.25) is 0 Å². The summed E-state index contributed by atoms with van der Waals surface area (Å²) < 4.78 is 11.0. The number of hydrogen-bond acceptors (Lipinski definition) is 2. The highest BCUT2D eigenvalue weighted by molar-refractivity contribution is 7.47.